The van der Waals surface area contributed by atoms with Crippen LogP contribution in [-0.2, 0) is 21.5 Å². The van der Waals surface area contributed by atoms with E-state index in [-0.39, 0.29) is 18.4 Å². The molecule has 0 saturated heterocycles. The maximum absolute atomic E-state index is 13.3. The molecule has 1 atom stereocenters. The lowest BCUT2D eigenvalue weighted by atomic mass is 10.0. The summed E-state index contributed by atoms with van der Waals surface area (Å²) in [6, 6.07) is 9.39. The van der Waals surface area contributed by atoms with E-state index in [0.717, 1.165) is 15.4 Å². The molecule has 1 unspecified atom stereocenters. The average Bonchev–Trinajstić information content (AvgIpc) is 3.18. The summed E-state index contributed by atoms with van der Waals surface area (Å²) in [5.41, 5.74) is 2.08. The maximum atomic E-state index is 13.3. The summed E-state index contributed by atoms with van der Waals surface area (Å²) in [6.45, 7) is 8.50. The number of rotatable bonds is 7. The van der Waals surface area contributed by atoms with Crippen LogP contribution in [-0.4, -0.2) is 58.3 Å². The van der Waals surface area contributed by atoms with Gasteiger partial charge < -0.3 is 4.74 Å². The summed E-state index contributed by atoms with van der Waals surface area (Å²) in [4.78, 5) is 30.3. The van der Waals surface area contributed by atoms with Gasteiger partial charge in [-0.15, -0.1) is 0 Å². The lowest BCUT2D eigenvalue weighted by molar-refractivity contribution is 0.0374. The summed E-state index contributed by atoms with van der Waals surface area (Å²) in [6.07, 6.45) is 4.67. The molecular weight excluding hydrogens is 480 g/mol. The maximum Gasteiger partial charge on any atom is 0.425 e. The Hall–Kier alpha value is -3.24. The van der Waals surface area contributed by atoms with Crippen molar-refractivity contribution >= 4 is 33.1 Å². The minimum absolute atomic E-state index is 0.111. The van der Waals surface area contributed by atoms with Crippen molar-refractivity contribution in [2.45, 2.75) is 53.2 Å². The van der Waals surface area contributed by atoms with E-state index in [1.807, 2.05) is 44.2 Å². The molecule has 36 heavy (non-hydrogen) atoms. The van der Waals surface area contributed by atoms with Crippen molar-refractivity contribution in [3.8, 4) is 11.1 Å². The zero-order valence-electron chi connectivity index (χ0n) is 21.8. The van der Waals surface area contributed by atoms with E-state index in [2.05, 4.69) is 4.98 Å². The van der Waals surface area contributed by atoms with Crippen LogP contribution in [0.1, 0.15) is 51.4 Å². The van der Waals surface area contributed by atoms with Crippen LogP contribution in [0.5, 0.6) is 0 Å². The quantitative estimate of drug-likeness (QED) is 0.443. The Labute approximate surface area is 212 Å². The van der Waals surface area contributed by atoms with E-state index >= 15 is 0 Å². The molecular formula is C26H34N4O5S. The zero-order valence-corrected chi connectivity index (χ0v) is 22.7. The van der Waals surface area contributed by atoms with Gasteiger partial charge in [-0.2, -0.15) is 17.0 Å². The van der Waals surface area contributed by atoms with Gasteiger partial charge in [0.15, 0.2) is 0 Å². The highest BCUT2D eigenvalue weighted by Crippen LogP contribution is 2.30. The summed E-state index contributed by atoms with van der Waals surface area (Å²) >= 11 is 0. The molecule has 0 saturated carbocycles. The first-order valence-corrected chi connectivity index (χ1v) is 13.2. The molecule has 194 valence electrons. The summed E-state index contributed by atoms with van der Waals surface area (Å²) in [5, 5.41) is 0.673. The first kappa shape index (κ1) is 27.3. The van der Waals surface area contributed by atoms with Crippen LogP contribution in [0.15, 0.2) is 48.9 Å². The van der Waals surface area contributed by atoms with E-state index in [4.69, 9.17) is 4.74 Å². The van der Waals surface area contributed by atoms with Crippen molar-refractivity contribution in [2.24, 2.45) is 5.92 Å². The van der Waals surface area contributed by atoms with Crippen LogP contribution in [0.25, 0.3) is 22.0 Å². The van der Waals surface area contributed by atoms with Gasteiger partial charge in [0.1, 0.15) is 5.60 Å². The zero-order chi connectivity index (χ0) is 26.8. The third-order valence-electron chi connectivity index (χ3n) is 5.82. The molecule has 2 aromatic heterocycles. The van der Waals surface area contributed by atoms with Crippen molar-refractivity contribution in [3.63, 3.8) is 0 Å². The molecule has 0 aliphatic heterocycles. The predicted octanol–water partition coefficient (Wildman–Crippen LogP) is 4.93. The second kappa shape index (κ2) is 10.4. The fourth-order valence-electron chi connectivity index (χ4n) is 3.65. The van der Waals surface area contributed by atoms with Crippen molar-refractivity contribution in [2.75, 3.05) is 14.1 Å². The Morgan fingerprint density at radius 2 is 1.72 bits per heavy atom. The number of hydrogen-bond acceptors (Lipinski definition) is 6. The van der Waals surface area contributed by atoms with Crippen molar-refractivity contribution < 1.29 is 22.7 Å². The third-order valence-corrected chi connectivity index (χ3v) is 7.58. The number of ether oxygens (including phenoxy) is 1. The first-order chi connectivity index (χ1) is 16.8. The SMILES string of the molecule is CCC(C)C(=O)n1cc(CN(C(=O)OC(C)(C)C)S(=O)(=O)N(C)C)c2ccc(-c3ccncc3)cc21. The van der Waals surface area contributed by atoms with Gasteiger partial charge in [-0.3, -0.25) is 14.3 Å². The van der Waals surface area contributed by atoms with Gasteiger partial charge in [0.05, 0.1) is 12.1 Å². The number of aromatic nitrogens is 2. The molecule has 0 spiro atoms. The molecule has 0 aliphatic carbocycles. The monoisotopic (exact) mass is 514 g/mol. The van der Waals surface area contributed by atoms with Crippen molar-refractivity contribution in [1.82, 2.24) is 18.2 Å². The van der Waals surface area contributed by atoms with Crippen LogP contribution >= 0.6 is 0 Å². The van der Waals surface area contributed by atoms with Crippen LogP contribution in [0.3, 0.4) is 0 Å². The predicted molar refractivity (Wildman–Crippen MR) is 140 cm³/mol. The summed E-state index contributed by atoms with van der Waals surface area (Å²) in [5.74, 6) is -0.356. The molecule has 9 nitrogen and oxygen atoms in total. The second-order valence-corrected chi connectivity index (χ2v) is 12.0. The van der Waals surface area contributed by atoms with Crippen molar-refractivity contribution in [3.05, 3.63) is 54.5 Å². The Bertz CT molecular complexity index is 1360. The number of carbonyl (C=O) groups is 2. The summed E-state index contributed by atoms with van der Waals surface area (Å²) in [7, 11) is -1.47. The van der Waals surface area contributed by atoms with Crippen LogP contribution in [0.2, 0.25) is 0 Å². The van der Waals surface area contributed by atoms with E-state index in [9.17, 15) is 18.0 Å². The van der Waals surface area contributed by atoms with Gasteiger partial charge in [-0.1, -0.05) is 26.0 Å². The fourth-order valence-corrected chi connectivity index (χ4v) is 4.57. The number of benzene rings is 1. The van der Waals surface area contributed by atoms with Gasteiger partial charge in [-0.25, -0.2) is 4.79 Å². The Morgan fingerprint density at radius 3 is 2.28 bits per heavy atom. The van der Waals surface area contributed by atoms with E-state index < -0.39 is 21.9 Å². The number of hydrogen-bond donors (Lipinski definition) is 0. The van der Waals surface area contributed by atoms with Crippen LogP contribution < -0.4 is 0 Å². The Balaban J connectivity index is 2.18. The highest BCUT2D eigenvalue weighted by atomic mass is 32.2. The summed E-state index contributed by atoms with van der Waals surface area (Å²) < 4.78 is 34.8. The van der Waals surface area contributed by atoms with E-state index in [1.54, 1.807) is 43.9 Å². The van der Waals surface area contributed by atoms with Gasteiger partial charge in [0, 0.05) is 44.0 Å². The molecule has 0 fully saturated rings. The highest BCUT2D eigenvalue weighted by Gasteiger charge is 2.34. The number of fused-ring (bicyclic) bond motifs is 1. The molecule has 0 N–H and O–H groups in total. The number of carbonyl (C=O) groups excluding carboxylic acids is 2. The molecule has 0 bridgehead atoms. The smallest absolute Gasteiger partial charge is 0.425 e. The van der Waals surface area contributed by atoms with Gasteiger partial charge in [-0.05, 0) is 62.1 Å². The number of amides is 1. The van der Waals surface area contributed by atoms with Crippen LogP contribution in [0.4, 0.5) is 4.79 Å². The van der Waals surface area contributed by atoms with Crippen molar-refractivity contribution in [1.29, 1.82) is 0 Å². The normalized spacial score (nSPS) is 13.1. The van der Waals surface area contributed by atoms with Gasteiger partial charge in [0.25, 0.3) is 0 Å². The van der Waals surface area contributed by atoms with Crippen LogP contribution in [0, 0.1) is 5.92 Å². The molecule has 10 heteroatoms. The lowest BCUT2D eigenvalue weighted by Crippen LogP contribution is -2.45. The van der Waals surface area contributed by atoms with Gasteiger partial charge in [0.2, 0.25) is 5.91 Å². The highest BCUT2D eigenvalue weighted by molar-refractivity contribution is 7.87. The number of pyridine rings is 1. The first-order valence-electron chi connectivity index (χ1n) is 11.8. The minimum Gasteiger partial charge on any atom is -0.443 e. The molecule has 0 radical (unpaired) electrons. The topological polar surface area (TPSA) is 102 Å². The molecule has 1 aromatic carbocycles. The Morgan fingerprint density at radius 1 is 1.08 bits per heavy atom. The molecule has 2 heterocycles. The molecule has 0 aliphatic rings. The average molecular weight is 515 g/mol. The third kappa shape index (κ3) is 5.76. The largest absolute Gasteiger partial charge is 0.443 e. The molecule has 3 aromatic rings. The molecule has 1 amide bonds. The lowest BCUT2D eigenvalue weighted by Gasteiger charge is -2.28. The van der Waals surface area contributed by atoms with E-state index in [1.165, 1.54) is 14.1 Å². The minimum atomic E-state index is -4.17. The standard InChI is InChI=1S/C26H34N4O5S/c1-8-18(2)24(31)29-16-21(17-30(36(33,34)28(6)7)25(32)35-26(3,4)5)22-10-9-20(15-23(22)29)19-11-13-27-14-12-19/h9-16,18H,8,17H2,1-7H3. The second-order valence-electron chi connectivity index (χ2n) is 9.92. The Kier molecular flexibility index (Phi) is 7.90. The number of nitrogens with zero attached hydrogens (tertiary/aromatic N) is 4. The molecule has 3 rings (SSSR count). The fraction of sp³-hybridized carbons (Fsp3) is 0.423. The van der Waals surface area contributed by atoms with E-state index in [0.29, 0.717) is 27.2 Å². The van der Waals surface area contributed by atoms with Gasteiger partial charge >= 0.3 is 16.3 Å².